The average molecular weight is 349 g/mol. The molecule has 3 heterocycles. The van der Waals surface area contributed by atoms with Crippen LogP contribution in [0.3, 0.4) is 0 Å². The van der Waals surface area contributed by atoms with Crippen LogP contribution < -0.4 is 16.3 Å². The van der Waals surface area contributed by atoms with E-state index in [0.29, 0.717) is 23.7 Å². The Balaban J connectivity index is 1.86. The summed E-state index contributed by atoms with van der Waals surface area (Å²) in [7, 11) is 0. The summed E-state index contributed by atoms with van der Waals surface area (Å²) < 4.78 is 3.02. The topological polar surface area (TPSA) is 105 Å². The maximum absolute atomic E-state index is 13.0. The van der Waals surface area contributed by atoms with Gasteiger partial charge in [0.1, 0.15) is 6.33 Å². The molecule has 1 aliphatic heterocycles. The van der Waals surface area contributed by atoms with Crippen molar-refractivity contribution in [2.45, 2.75) is 25.4 Å². The maximum Gasteiger partial charge on any atom is 0.338 e. The third-order valence-electron chi connectivity index (χ3n) is 4.72. The van der Waals surface area contributed by atoms with E-state index in [1.165, 1.54) is 10.7 Å². The van der Waals surface area contributed by atoms with Crippen molar-refractivity contribution in [1.82, 2.24) is 18.9 Å². The van der Waals surface area contributed by atoms with Crippen LogP contribution in [0.15, 0.2) is 41.6 Å². The number of nitriles is 1. The van der Waals surface area contributed by atoms with Gasteiger partial charge < -0.3 is 10.6 Å². The molecule has 0 aliphatic carbocycles. The number of anilines is 1. The van der Waals surface area contributed by atoms with Crippen LogP contribution in [-0.2, 0) is 6.54 Å². The summed E-state index contributed by atoms with van der Waals surface area (Å²) >= 11 is 0. The SMILES string of the molecule is N#Cc1ccccc1Cn1c(N2CCCC(N)C2)nc2cncn2c1=O. The van der Waals surface area contributed by atoms with Crippen molar-refractivity contribution in [2.75, 3.05) is 18.0 Å². The van der Waals surface area contributed by atoms with Crippen molar-refractivity contribution in [3.63, 3.8) is 0 Å². The third kappa shape index (κ3) is 2.82. The second-order valence-corrected chi connectivity index (χ2v) is 6.52. The van der Waals surface area contributed by atoms with Crippen LogP contribution in [0, 0.1) is 11.3 Å². The van der Waals surface area contributed by atoms with Crippen molar-refractivity contribution in [3.05, 3.63) is 58.4 Å². The molecule has 1 atom stereocenters. The van der Waals surface area contributed by atoms with Crippen molar-refractivity contribution in [2.24, 2.45) is 5.73 Å². The van der Waals surface area contributed by atoms with Gasteiger partial charge in [0.25, 0.3) is 0 Å². The normalized spacial score (nSPS) is 17.4. The quantitative estimate of drug-likeness (QED) is 0.748. The predicted octanol–water partition coefficient (Wildman–Crippen LogP) is 0.738. The molecule has 4 rings (SSSR count). The van der Waals surface area contributed by atoms with E-state index >= 15 is 0 Å². The standard InChI is InChI=1S/C18H19N7O/c19-8-13-4-1-2-5-14(13)10-24-17(23-7-3-6-15(20)11-23)22-16-9-21-12-25(16)18(24)26/h1-2,4-5,9,12,15H,3,6-7,10-11,20H2. The summed E-state index contributed by atoms with van der Waals surface area (Å²) in [6.45, 7) is 1.71. The molecule has 0 amide bonds. The van der Waals surface area contributed by atoms with E-state index in [9.17, 15) is 10.1 Å². The minimum absolute atomic E-state index is 0.0571. The second-order valence-electron chi connectivity index (χ2n) is 6.52. The first-order valence-corrected chi connectivity index (χ1v) is 8.59. The molecule has 1 aliphatic rings. The number of hydrogen-bond acceptors (Lipinski definition) is 6. The summed E-state index contributed by atoms with van der Waals surface area (Å²) in [4.78, 5) is 23.8. The zero-order valence-electron chi connectivity index (χ0n) is 14.2. The van der Waals surface area contributed by atoms with Gasteiger partial charge in [0.05, 0.1) is 24.4 Å². The first kappa shape index (κ1) is 16.3. The zero-order chi connectivity index (χ0) is 18.1. The number of nitrogens with two attached hydrogens (primary N) is 1. The molecule has 132 valence electrons. The Kier molecular flexibility index (Phi) is 4.14. The number of piperidine rings is 1. The van der Waals surface area contributed by atoms with E-state index < -0.39 is 0 Å². The molecule has 0 radical (unpaired) electrons. The molecule has 2 aromatic heterocycles. The molecule has 2 N–H and O–H groups in total. The van der Waals surface area contributed by atoms with Crippen LogP contribution in [-0.4, -0.2) is 38.1 Å². The highest BCUT2D eigenvalue weighted by Crippen LogP contribution is 2.19. The molecule has 3 aromatic rings. The summed E-state index contributed by atoms with van der Waals surface area (Å²) in [6.07, 6.45) is 4.95. The fraction of sp³-hybridized carbons (Fsp3) is 0.333. The Morgan fingerprint density at radius 3 is 3.00 bits per heavy atom. The number of rotatable bonds is 3. The number of nitrogens with zero attached hydrogens (tertiary/aromatic N) is 6. The van der Waals surface area contributed by atoms with Gasteiger partial charge in [-0.2, -0.15) is 10.2 Å². The van der Waals surface area contributed by atoms with Gasteiger partial charge in [-0.05, 0) is 24.5 Å². The van der Waals surface area contributed by atoms with E-state index in [1.807, 2.05) is 18.2 Å². The lowest BCUT2D eigenvalue weighted by Gasteiger charge is -2.33. The number of benzene rings is 1. The number of imidazole rings is 1. The third-order valence-corrected chi connectivity index (χ3v) is 4.72. The van der Waals surface area contributed by atoms with Gasteiger partial charge in [0.2, 0.25) is 5.95 Å². The smallest absolute Gasteiger partial charge is 0.338 e. The van der Waals surface area contributed by atoms with Gasteiger partial charge in [0.15, 0.2) is 5.65 Å². The molecule has 1 fully saturated rings. The Labute approximate surface area is 150 Å². The number of aromatic nitrogens is 4. The Morgan fingerprint density at radius 2 is 2.19 bits per heavy atom. The predicted molar refractivity (Wildman–Crippen MR) is 96.9 cm³/mol. The van der Waals surface area contributed by atoms with Gasteiger partial charge in [-0.15, -0.1) is 0 Å². The van der Waals surface area contributed by atoms with Crippen LogP contribution >= 0.6 is 0 Å². The van der Waals surface area contributed by atoms with Gasteiger partial charge >= 0.3 is 5.69 Å². The minimum Gasteiger partial charge on any atom is -0.341 e. The minimum atomic E-state index is -0.227. The molecule has 1 saturated heterocycles. The lowest BCUT2D eigenvalue weighted by Crippen LogP contribution is -2.46. The van der Waals surface area contributed by atoms with Crippen LogP contribution in [0.2, 0.25) is 0 Å². The molecular formula is C18H19N7O. The van der Waals surface area contributed by atoms with Crippen LogP contribution in [0.25, 0.3) is 5.65 Å². The molecule has 0 saturated carbocycles. The first-order valence-electron chi connectivity index (χ1n) is 8.59. The van der Waals surface area contributed by atoms with E-state index in [-0.39, 0.29) is 18.3 Å². The van der Waals surface area contributed by atoms with E-state index in [4.69, 9.17) is 5.73 Å². The van der Waals surface area contributed by atoms with Crippen molar-refractivity contribution >= 4 is 11.6 Å². The highest BCUT2D eigenvalue weighted by Gasteiger charge is 2.23. The second kappa shape index (κ2) is 6.61. The van der Waals surface area contributed by atoms with Crippen molar-refractivity contribution in [3.8, 4) is 6.07 Å². The summed E-state index contributed by atoms with van der Waals surface area (Å²) in [5, 5.41) is 9.36. The van der Waals surface area contributed by atoms with Crippen molar-refractivity contribution in [1.29, 1.82) is 5.26 Å². The molecular weight excluding hydrogens is 330 g/mol. The van der Waals surface area contributed by atoms with Crippen LogP contribution in [0.1, 0.15) is 24.0 Å². The van der Waals surface area contributed by atoms with Crippen LogP contribution in [0.5, 0.6) is 0 Å². The molecule has 1 aromatic carbocycles. The highest BCUT2D eigenvalue weighted by molar-refractivity contribution is 5.45. The largest absolute Gasteiger partial charge is 0.341 e. The molecule has 26 heavy (non-hydrogen) atoms. The van der Waals surface area contributed by atoms with Gasteiger partial charge in [-0.3, -0.25) is 4.57 Å². The summed E-state index contributed by atoms with van der Waals surface area (Å²) in [5.41, 5.74) is 7.73. The lowest BCUT2D eigenvalue weighted by atomic mass is 10.1. The van der Waals surface area contributed by atoms with Gasteiger partial charge in [0, 0.05) is 19.1 Å². The lowest BCUT2D eigenvalue weighted by molar-refractivity contribution is 0.489. The average Bonchev–Trinajstić information content (AvgIpc) is 3.13. The highest BCUT2D eigenvalue weighted by atomic mass is 16.1. The molecule has 1 unspecified atom stereocenters. The molecule has 0 spiro atoms. The van der Waals surface area contributed by atoms with Crippen molar-refractivity contribution < 1.29 is 0 Å². The fourth-order valence-corrected chi connectivity index (χ4v) is 3.41. The maximum atomic E-state index is 13.0. The zero-order valence-corrected chi connectivity index (χ0v) is 14.2. The summed E-state index contributed by atoms with van der Waals surface area (Å²) in [6, 6.07) is 9.52. The fourth-order valence-electron chi connectivity index (χ4n) is 3.41. The Bertz CT molecular complexity index is 1050. The molecule has 0 bridgehead atoms. The van der Waals surface area contributed by atoms with Gasteiger partial charge in [-0.25, -0.2) is 14.2 Å². The van der Waals surface area contributed by atoms with E-state index in [1.54, 1.807) is 16.8 Å². The Morgan fingerprint density at radius 1 is 1.35 bits per heavy atom. The first-order chi connectivity index (χ1) is 12.7. The molecule has 8 heteroatoms. The summed E-state index contributed by atoms with van der Waals surface area (Å²) in [5.74, 6) is 0.575. The monoisotopic (exact) mass is 349 g/mol. The molecule has 8 nitrogen and oxygen atoms in total. The van der Waals surface area contributed by atoms with Gasteiger partial charge in [-0.1, -0.05) is 18.2 Å². The van der Waals surface area contributed by atoms with E-state index in [2.05, 4.69) is 20.9 Å². The Hall–Kier alpha value is -3.18. The number of fused-ring (bicyclic) bond motifs is 1. The van der Waals surface area contributed by atoms with E-state index in [0.717, 1.165) is 24.9 Å². The number of hydrogen-bond donors (Lipinski definition) is 1. The van der Waals surface area contributed by atoms with Crippen LogP contribution in [0.4, 0.5) is 5.95 Å².